The van der Waals surface area contributed by atoms with Crippen LogP contribution >= 0.6 is 23.5 Å². The summed E-state index contributed by atoms with van der Waals surface area (Å²) in [6.07, 6.45) is -3.68. The summed E-state index contributed by atoms with van der Waals surface area (Å²) in [5.41, 5.74) is -0.308. The number of aromatic amines is 1. The van der Waals surface area contributed by atoms with E-state index in [9.17, 15) is 33.4 Å². The van der Waals surface area contributed by atoms with Crippen molar-refractivity contribution < 1.29 is 65.7 Å². The molecule has 4 heterocycles. The maximum absolute atomic E-state index is 12.3. The van der Waals surface area contributed by atoms with Crippen LogP contribution in [0.25, 0.3) is 11.2 Å². The van der Waals surface area contributed by atoms with Gasteiger partial charge in [0.1, 0.15) is 24.1 Å². The number of phosphoric acid groups is 3. The largest absolute Gasteiger partial charge is 0.490 e. The van der Waals surface area contributed by atoms with E-state index in [1.165, 1.54) is 30.0 Å². The number of aryl methyl sites for hydroxylation is 1. The Morgan fingerprint density at radius 1 is 1.05 bits per heavy atom. The lowest BCUT2D eigenvalue weighted by Gasteiger charge is -2.27. The van der Waals surface area contributed by atoms with Crippen molar-refractivity contribution in [2.45, 2.75) is 37.4 Å². The molecule has 4 unspecified atom stereocenters. The second-order valence-electron chi connectivity index (χ2n) is 8.54. The molecule has 0 spiro atoms. The van der Waals surface area contributed by atoms with Crippen LogP contribution in [0.3, 0.4) is 0 Å². The standard InChI is InChI=1S/C18H21N4O15P3/c1-9-20-15-12(16(23)21-9)19-8-22(15)17-14-13(34-18(24,35-14)10-5-3-2-4-6-10)11(33-17)7-32-39(28,29)37-40(30,31)36-38(25,26)27/h2-6,8,11,13-14,17,24H,7H2,1H3,(H,28,29)(H,30,31)(H,20,21,23)(H2,25,26,27)/t11-,13+,14?,17-,18?/m1/s1. The van der Waals surface area contributed by atoms with Gasteiger partial charge in [0.25, 0.3) is 5.56 Å². The summed E-state index contributed by atoms with van der Waals surface area (Å²) >= 11 is 0. The van der Waals surface area contributed by atoms with Crippen LogP contribution in [0.4, 0.5) is 0 Å². The number of hydrogen-bond donors (Lipinski definition) is 6. The lowest BCUT2D eigenvalue weighted by Crippen LogP contribution is -2.34. The van der Waals surface area contributed by atoms with Crippen LogP contribution in [0.1, 0.15) is 17.6 Å². The molecule has 2 aliphatic rings. The van der Waals surface area contributed by atoms with E-state index < -0.39 is 66.1 Å². The second-order valence-corrected chi connectivity index (χ2v) is 13.0. The molecule has 1 aromatic carbocycles. The Hall–Kier alpha value is -2.18. The van der Waals surface area contributed by atoms with E-state index in [4.69, 9.17) is 28.5 Å². The molecule has 2 aromatic heterocycles. The zero-order chi connectivity index (χ0) is 29.1. The average Bonchev–Trinajstić information content (AvgIpc) is 3.48. The van der Waals surface area contributed by atoms with Crippen molar-refractivity contribution in [1.82, 2.24) is 19.5 Å². The second kappa shape index (κ2) is 10.3. The van der Waals surface area contributed by atoms with Gasteiger partial charge in [0.2, 0.25) is 0 Å². The van der Waals surface area contributed by atoms with Gasteiger partial charge in [-0.25, -0.2) is 23.7 Å². The van der Waals surface area contributed by atoms with Gasteiger partial charge in [-0.2, -0.15) is 8.62 Å². The van der Waals surface area contributed by atoms with Gasteiger partial charge in [0, 0.05) is 5.56 Å². The molecular weight excluding hydrogens is 605 g/mol. The van der Waals surface area contributed by atoms with Crippen LogP contribution in [0.5, 0.6) is 0 Å². The van der Waals surface area contributed by atoms with Gasteiger partial charge >= 0.3 is 29.4 Å². The fraction of sp³-hybridized carbons (Fsp3) is 0.389. The van der Waals surface area contributed by atoms with E-state index in [1.807, 2.05) is 0 Å². The Balaban J connectivity index is 1.43. The van der Waals surface area contributed by atoms with Crippen molar-refractivity contribution in [1.29, 1.82) is 0 Å². The predicted octanol–water partition coefficient (Wildman–Crippen LogP) is 0.256. The monoisotopic (exact) mass is 626 g/mol. The maximum atomic E-state index is 12.3. The van der Waals surface area contributed by atoms with Gasteiger partial charge in [-0.15, -0.1) is 0 Å². The highest BCUT2D eigenvalue weighted by Crippen LogP contribution is 2.66. The number of phosphoric ester groups is 1. The van der Waals surface area contributed by atoms with Gasteiger partial charge in [-0.1, -0.05) is 30.3 Å². The van der Waals surface area contributed by atoms with Gasteiger partial charge in [-0.05, 0) is 6.92 Å². The van der Waals surface area contributed by atoms with Crippen LogP contribution in [0.15, 0.2) is 41.5 Å². The first kappa shape index (κ1) is 29.3. The van der Waals surface area contributed by atoms with Gasteiger partial charge in [-0.3, -0.25) is 13.9 Å². The third-order valence-corrected chi connectivity index (χ3v) is 9.46. The summed E-state index contributed by atoms with van der Waals surface area (Å²) in [5, 5.41) is 11.2. The van der Waals surface area contributed by atoms with Crippen LogP contribution in [0.2, 0.25) is 0 Å². The summed E-state index contributed by atoms with van der Waals surface area (Å²) in [6, 6.07) is 7.92. The minimum Gasteiger partial charge on any atom is -0.347 e. The third kappa shape index (κ3) is 6.04. The van der Waals surface area contributed by atoms with E-state index in [0.29, 0.717) is 0 Å². The number of rotatable bonds is 9. The molecule has 0 amide bonds. The summed E-state index contributed by atoms with van der Waals surface area (Å²) in [7, 11) is -16.9. The first-order chi connectivity index (χ1) is 18.6. The lowest BCUT2D eigenvalue weighted by molar-refractivity contribution is -0.346. The summed E-state index contributed by atoms with van der Waals surface area (Å²) in [4.78, 5) is 59.8. The topological polar surface area (TPSA) is 271 Å². The normalized spacial score (nSPS) is 29.8. The molecule has 0 radical (unpaired) electrons. The number of nitrogens with one attached hydrogen (secondary N) is 1. The minimum absolute atomic E-state index is 0.0419. The molecule has 0 aliphatic carbocycles. The van der Waals surface area contributed by atoms with Gasteiger partial charge < -0.3 is 43.9 Å². The number of aliphatic hydroxyl groups is 1. The summed E-state index contributed by atoms with van der Waals surface area (Å²) in [5.74, 6) is -2.06. The molecular formula is C18H21N4O15P3. The number of nitrogens with zero attached hydrogens (tertiary/aromatic N) is 3. The number of benzene rings is 1. The van der Waals surface area contributed by atoms with Crippen molar-refractivity contribution in [3.63, 3.8) is 0 Å². The number of hydrogen-bond acceptors (Lipinski definition) is 13. The smallest absolute Gasteiger partial charge is 0.347 e. The molecule has 5 rings (SSSR count). The fourth-order valence-corrected chi connectivity index (χ4v) is 7.24. The SMILES string of the molecule is Cc1nc2c(ncn2[C@@H]2O[C@H](COP(=O)(O)OP(=O)(O)OP(=O)(O)O)[C@@H]3OC(O)(c4ccccc4)OC32)c(=O)[nH]1. The third-order valence-electron chi connectivity index (χ3n) is 5.66. The van der Waals surface area contributed by atoms with Crippen molar-refractivity contribution >= 4 is 34.6 Å². The first-order valence-electron chi connectivity index (χ1n) is 11.1. The van der Waals surface area contributed by atoms with Crippen molar-refractivity contribution in [2.24, 2.45) is 0 Å². The van der Waals surface area contributed by atoms with E-state index in [1.54, 1.807) is 18.2 Å². The Morgan fingerprint density at radius 2 is 1.73 bits per heavy atom. The van der Waals surface area contributed by atoms with E-state index in [2.05, 4.69) is 23.6 Å². The number of H-pyrrole nitrogens is 1. The Morgan fingerprint density at radius 3 is 2.40 bits per heavy atom. The van der Waals surface area contributed by atoms with Crippen molar-refractivity contribution in [3.05, 3.63) is 58.4 Å². The molecule has 2 fully saturated rings. The number of fused-ring (bicyclic) bond motifs is 2. The highest BCUT2D eigenvalue weighted by atomic mass is 31.3. The van der Waals surface area contributed by atoms with Crippen LogP contribution < -0.4 is 5.56 Å². The lowest BCUT2D eigenvalue weighted by atomic mass is 10.1. The Kier molecular flexibility index (Phi) is 7.53. The Bertz CT molecular complexity index is 1630. The Labute approximate surface area is 222 Å². The van der Waals surface area contributed by atoms with E-state index in [-0.39, 0.29) is 22.6 Å². The highest BCUT2D eigenvalue weighted by Gasteiger charge is 2.60. The zero-order valence-electron chi connectivity index (χ0n) is 20.0. The predicted molar refractivity (Wildman–Crippen MR) is 127 cm³/mol. The summed E-state index contributed by atoms with van der Waals surface area (Å²) in [6.45, 7) is 0.639. The van der Waals surface area contributed by atoms with Crippen LogP contribution in [-0.2, 0) is 47.0 Å². The molecule has 0 saturated carbocycles. The quantitative estimate of drug-likeness (QED) is 0.174. The molecule has 218 valence electrons. The van der Waals surface area contributed by atoms with Crippen LogP contribution in [-0.4, -0.2) is 69.1 Å². The summed E-state index contributed by atoms with van der Waals surface area (Å²) < 4.78 is 65.8. The molecule has 22 heteroatoms. The molecule has 3 aromatic rings. The van der Waals surface area contributed by atoms with Gasteiger partial charge in [0.05, 0.1) is 12.9 Å². The van der Waals surface area contributed by atoms with Crippen molar-refractivity contribution in [2.75, 3.05) is 6.61 Å². The number of imidazole rings is 1. The molecule has 19 nitrogen and oxygen atoms in total. The van der Waals surface area contributed by atoms with Crippen LogP contribution in [0, 0.1) is 6.92 Å². The maximum Gasteiger partial charge on any atom is 0.490 e. The zero-order valence-corrected chi connectivity index (χ0v) is 22.7. The molecule has 2 saturated heterocycles. The first-order valence-corrected chi connectivity index (χ1v) is 15.6. The van der Waals surface area contributed by atoms with E-state index in [0.717, 1.165) is 0 Å². The van der Waals surface area contributed by atoms with Gasteiger partial charge in [0.15, 0.2) is 17.4 Å². The van der Waals surface area contributed by atoms with E-state index >= 15 is 0 Å². The minimum atomic E-state index is -5.76. The average molecular weight is 626 g/mol. The number of ether oxygens (including phenoxy) is 3. The molecule has 2 aliphatic heterocycles. The van der Waals surface area contributed by atoms with Crippen molar-refractivity contribution in [3.8, 4) is 0 Å². The fourth-order valence-electron chi connectivity index (χ4n) is 4.21. The highest BCUT2D eigenvalue weighted by molar-refractivity contribution is 7.66. The number of aromatic nitrogens is 4. The molecule has 6 N–H and O–H groups in total. The molecule has 7 atom stereocenters. The molecule has 0 bridgehead atoms. The molecule has 40 heavy (non-hydrogen) atoms.